The molecule has 0 fully saturated rings. The molecular weight excluding hydrogens is 196 g/mol. The van der Waals surface area contributed by atoms with Crippen molar-refractivity contribution in [3.8, 4) is 0 Å². The molecule has 2 heteroatoms. The van der Waals surface area contributed by atoms with Gasteiger partial charge in [0, 0.05) is 5.02 Å². The lowest BCUT2D eigenvalue weighted by Crippen LogP contribution is -2.00. The van der Waals surface area contributed by atoms with Gasteiger partial charge in [0.2, 0.25) is 0 Å². The fourth-order valence-corrected chi connectivity index (χ4v) is 1.61. The van der Waals surface area contributed by atoms with Crippen LogP contribution in [0.1, 0.15) is 30.6 Å². The highest BCUT2D eigenvalue weighted by atomic mass is 35.5. The molecule has 1 unspecified atom stereocenters. The van der Waals surface area contributed by atoms with Gasteiger partial charge < -0.3 is 5.11 Å². The van der Waals surface area contributed by atoms with Crippen LogP contribution < -0.4 is 0 Å². The molecule has 0 aliphatic carbocycles. The van der Waals surface area contributed by atoms with Crippen molar-refractivity contribution in [2.24, 2.45) is 0 Å². The Kier molecular flexibility index (Phi) is 3.73. The van der Waals surface area contributed by atoms with Crippen LogP contribution in [0.2, 0.25) is 5.02 Å². The number of halogens is 1. The SMILES string of the molecule is C=C(C)CC(O)c1cccc(Cl)c1C. The summed E-state index contributed by atoms with van der Waals surface area (Å²) in [5.74, 6) is 0. The molecule has 0 spiro atoms. The summed E-state index contributed by atoms with van der Waals surface area (Å²) in [6, 6.07) is 5.58. The van der Waals surface area contributed by atoms with Gasteiger partial charge in [0.05, 0.1) is 6.10 Å². The maximum Gasteiger partial charge on any atom is 0.0829 e. The van der Waals surface area contributed by atoms with Gasteiger partial charge in [-0.3, -0.25) is 0 Å². The van der Waals surface area contributed by atoms with Crippen molar-refractivity contribution in [3.05, 3.63) is 46.5 Å². The van der Waals surface area contributed by atoms with Crippen LogP contribution in [-0.4, -0.2) is 5.11 Å². The highest BCUT2D eigenvalue weighted by Crippen LogP contribution is 2.27. The smallest absolute Gasteiger partial charge is 0.0829 e. The Labute approximate surface area is 90.0 Å². The van der Waals surface area contributed by atoms with E-state index in [2.05, 4.69) is 6.58 Å². The molecule has 0 aliphatic rings. The largest absolute Gasteiger partial charge is 0.388 e. The predicted octanol–water partition coefficient (Wildman–Crippen LogP) is 3.65. The maximum absolute atomic E-state index is 9.88. The van der Waals surface area contributed by atoms with Crippen LogP contribution >= 0.6 is 11.6 Å². The molecule has 1 nitrogen and oxygen atoms in total. The predicted molar refractivity (Wildman–Crippen MR) is 60.6 cm³/mol. The lowest BCUT2D eigenvalue weighted by molar-refractivity contribution is 0.178. The lowest BCUT2D eigenvalue weighted by atomic mass is 9.99. The number of aliphatic hydroxyl groups excluding tert-OH is 1. The van der Waals surface area contributed by atoms with Crippen molar-refractivity contribution in [1.29, 1.82) is 0 Å². The monoisotopic (exact) mass is 210 g/mol. The van der Waals surface area contributed by atoms with Crippen molar-refractivity contribution in [2.45, 2.75) is 26.4 Å². The average molecular weight is 211 g/mol. The van der Waals surface area contributed by atoms with Gasteiger partial charge in [-0.05, 0) is 37.5 Å². The summed E-state index contributed by atoms with van der Waals surface area (Å²) in [5, 5.41) is 10.6. The van der Waals surface area contributed by atoms with Crippen molar-refractivity contribution >= 4 is 11.6 Å². The van der Waals surface area contributed by atoms with Crippen LogP contribution in [0.4, 0.5) is 0 Å². The third kappa shape index (κ3) is 2.60. The first-order chi connectivity index (χ1) is 6.52. The summed E-state index contributed by atoms with van der Waals surface area (Å²) in [4.78, 5) is 0. The fraction of sp³-hybridized carbons (Fsp3) is 0.333. The molecule has 1 aromatic carbocycles. The molecule has 1 rings (SSSR count). The zero-order chi connectivity index (χ0) is 10.7. The van der Waals surface area contributed by atoms with Gasteiger partial charge in [0.25, 0.3) is 0 Å². The quantitative estimate of drug-likeness (QED) is 0.756. The van der Waals surface area contributed by atoms with Gasteiger partial charge in [0.1, 0.15) is 0 Å². The Balaban J connectivity index is 2.95. The molecule has 14 heavy (non-hydrogen) atoms. The summed E-state index contributed by atoms with van der Waals surface area (Å²) in [7, 11) is 0. The standard InChI is InChI=1S/C12H15ClO/c1-8(2)7-12(14)10-5-4-6-11(13)9(10)3/h4-6,12,14H,1,7H2,2-3H3. The molecule has 0 radical (unpaired) electrons. The van der Waals surface area contributed by atoms with E-state index in [9.17, 15) is 5.11 Å². The van der Waals surface area contributed by atoms with E-state index < -0.39 is 6.10 Å². The molecule has 0 saturated heterocycles. The minimum atomic E-state index is -0.494. The van der Waals surface area contributed by atoms with E-state index in [1.807, 2.05) is 32.0 Å². The normalized spacial score (nSPS) is 12.6. The third-order valence-electron chi connectivity index (χ3n) is 2.21. The molecule has 1 N–H and O–H groups in total. The van der Waals surface area contributed by atoms with E-state index in [4.69, 9.17) is 11.6 Å². The van der Waals surface area contributed by atoms with Gasteiger partial charge in [-0.1, -0.05) is 29.3 Å². The maximum atomic E-state index is 9.88. The zero-order valence-electron chi connectivity index (χ0n) is 8.55. The summed E-state index contributed by atoms with van der Waals surface area (Å²) < 4.78 is 0. The summed E-state index contributed by atoms with van der Waals surface area (Å²) in [6.45, 7) is 7.60. The highest BCUT2D eigenvalue weighted by Gasteiger charge is 2.11. The molecule has 1 atom stereocenters. The van der Waals surface area contributed by atoms with Gasteiger partial charge in [0.15, 0.2) is 0 Å². The van der Waals surface area contributed by atoms with Crippen LogP contribution in [-0.2, 0) is 0 Å². The summed E-state index contributed by atoms with van der Waals surface area (Å²) in [5.41, 5.74) is 2.81. The van der Waals surface area contributed by atoms with Crippen LogP contribution in [0.3, 0.4) is 0 Å². The Hall–Kier alpha value is -0.790. The second-order valence-electron chi connectivity index (χ2n) is 3.63. The molecule has 0 saturated carbocycles. The van der Waals surface area contributed by atoms with E-state index in [1.165, 1.54) is 0 Å². The third-order valence-corrected chi connectivity index (χ3v) is 2.62. The summed E-state index contributed by atoms with van der Waals surface area (Å²) in [6.07, 6.45) is 0.0902. The molecule has 0 aromatic heterocycles. The van der Waals surface area contributed by atoms with E-state index in [-0.39, 0.29) is 0 Å². The van der Waals surface area contributed by atoms with Crippen LogP contribution in [0.15, 0.2) is 30.4 Å². The van der Waals surface area contributed by atoms with Crippen LogP contribution in [0.25, 0.3) is 0 Å². The number of hydrogen-bond acceptors (Lipinski definition) is 1. The Morgan fingerprint density at radius 3 is 2.79 bits per heavy atom. The molecular formula is C12H15ClO. The Morgan fingerprint density at radius 2 is 2.21 bits per heavy atom. The first kappa shape index (κ1) is 11.3. The van der Waals surface area contributed by atoms with Crippen molar-refractivity contribution in [2.75, 3.05) is 0 Å². The van der Waals surface area contributed by atoms with Crippen molar-refractivity contribution in [1.82, 2.24) is 0 Å². The van der Waals surface area contributed by atoms with E-state index in [0.717, 1.165) is 16.7 Å². The van der Waals surface area contributed by atoms with Crippen LogP contribution in [0.5, 0.6) is 0 Å². The van der Waals surface area contributed by atoms with Gasteiger partial charge in [-0.2, -0.15) is 0 Å². The number of rotatable bonds is 3. The molecule has 76 valence electrons. The Bertz CT molecular complexity index is 344. The zero-order valence-corrected chi connectivity index (χ0v) is 9.30. The average Bonchev–Trinajstić information content (AvgIpc) is 2.08. The van der Waals surface area contributed by atoms with Gasteiger partial charge >= 0.3 is 0 Å². The number of hydrogen-bond donors (Lipinski definition) is 1. The van der Waals surface area contributed by atoms with Crippen molar-refractivity contribution < 1.29 is 5.11 Å². The minimum Gasteiger partial charge on any atom is -0.388 e. The van der Waals surface area contributed by atoms with Gasteiger partial charge in [-0.15, -0.1) is 6.58 Å². The molecule has 0 bridgehead atoms. The van der Waals surface area contributed by atoms with E-state index in [1.54, 1.807) is 0 Å². The van der Waals surface area contributed by atoms with E-state index in [0.29, 0.717) is 11.4 Å². The molecule has 0 heterocycles. The van der Waals surface area contributed by atoms with Gasteiger partial charge in [-0.25, -0.2) is 0 Å². The topological polar surface area (TPSA) is 20.2 Å². The lowest BCUT2D eigenvalue weighted by Gasteiger charge is -2.14. The highest BCUT2D eigenvalue weighted by molar-refractivity contribution is 6.31. The summed E-state index contributed by atoms with van der Waals surface area (Å²) >= 11 is 5.96. The Morgan fingerprint density at radius 1 is 1.57 bits per heavy atom. The first-order valence-electron chi connectivity index (χ1n) is 4.60. The number of aliphatic hydroxyl groups is 1. The van der Waals surface area contributed by atoms with Crippen molar-refractivity contribution in [3.63, 3.8) is 0 Å². The molecule has 0 amide bonds. The number of benzene rings is 1. The second kappa shape index (κ2) is 4.63. The fourth-order valence-electron chi connectivity index (χ4n) is 1.43. The molecule has 1 aromatic rings. The van der Waals surface area contributed by atoms with Crippen LogP contribution in [0, 0.1) is 6.92 Å². The molecule has 0 aliphatic heterocycles. The minimum absolute atomic E-state index is 0.494. The van der Waals surface area contributed by atoms with E-state index >= 15 is 0 Å². The second-order valence-corrected chi connectivity index (χ2v) is 4.04. The first-order valence-corrected chi connectivity index (χ1v) is 4.97.